The zero-order valence-corrected chi connectivity index (χ0v) is 28.5. The van der Waals surface area contributed by atoms with Crippen molar-refractivity contribution in [2.45, 2.75) is 53.4 Å². The Morgan fingerprint density at radius 3 is 2.13 bits per heavy atom. The van der Waals surface area contributed by atoms with Crippen LogP contribution in [-0.4, -0.2) is 9.52 Å². The molecule has 0 bridgehead atoms. The van der Waals surface area contributed by atoms with Gasteiger partial charge in [-0.3, -0.25) is 0 Å². The molecule has 0 spiro atoms. The summed E-state index contributed by atoms with van der Waals surface area (Å²) in [4.78, 5) is 0. The minimum atomic E-state index is -0.826. The summed E-state index contributed by atoms with van der Waals surface area (Å²) in [6.45, 7) is 13.5. The molecular weight excluding hydrogens is 611 g/mol. The van der Waals surface area contributed by atoms with Crippen molar-refractivity contribution in [2.75, 3.05) is 0 Å². The number of halogens is 2. The Morgan fingerprint density at radius 1 is 0.795 bits per heavy atom. The molecule has 0 fully saturated rings. The van der Waals surface area contributed by atoms with E-state index in [0.29, 0.717) is 11.8 Å². The summed E-state index contributed by atoms with van der Waals surface area (Å²) in [6, 6.07) is 34.5. The Hall–Kier alpha value is -1.83. The second kappa shape index (κ2) is 13.7. The molecule has 39 heavy (non-hydrogen) atoms. The van der Waals surface area contributed by atoms with Crippen molar-refractivity contribution in [1.29, 1.82) is 0 Å². The van der Waals surface area contributed by atoms with Gasteiger partial charge in [0.15, 0.2) is 0 Å². The van der Waals surface area contributed by atoms with E-state index in [1.165, 1.54) is 65.7 Å². The van der Waals surface area contributed by atoms with E-state index in [1.54, 1.807) is 0 Å². The monoisotopic (exact) mass is 642 g/mol. The van der Waals surface area contributed by atoms with Gasteiger partial charge in [0.05, 0.1) is 9.52 Å². The Balaban J connectivity index is 0.000000184. The Morgan fingerprint density at radius 2 is 1.46 bits per heavy atom. The van der Waals surface area contributed by atoms with Crippen LogP contribution in [0.1, 0.15) is 61.8 Å². The van der Waals surface area contributed by atoms with Crippen molar-refractivity contribution in [2.24, 2.45) is 0 Å². The second-order valence-corrected chi connectivity index (χ2v) is 15.7. The van der Waals surface area contributed by atoms with E-state index in [2.05, 4.69) is 126 Å². The standard InChI is InChI=1S/C23H27.C12H7Si.2ClH.Zr/c1-14(2)19-12-18-7-8-21(15(3)4)23(22(18)13-19)20-10-16(5)9-17(6)11-20;1-3-7-11-9(5-1)10-6-2-4-8-12(10)13-11;;;/h7-15H,1-6H3;1-7H;2*1H;/q2*-1;;;+4/p-2. The fourth-order valence-corrected chi connectivity index (χ4v) is 6.61. The first-order valence-corrected chi connectivity index (χ1v) is 20.7. The molecule has 2 radical (unpaired) electrons. The molecule has 0 saturated heterocycles. The molecule has 0 N–H and O–H groups in total. The topological polar surface area (TPSA) is 0 Å². The van der Waals surface area contributed by atoms with Crippen LogP contribution in [0, 0.1) is 19.9 Å². The number of hydrogen-bond acceptors (Lipinski definition) is 0. The number of fused-ring (bicyclic) bond motifs is 4. The van der Waals surface area contributed by atoms with Crippen LogP contribution in [0.15, 0.2) is 84.9 Å². The predicted octanol–water partition coefficient (Wildman–Crippen LogP) is 9.59. The van der Waals surface area contributed by atoms with Crippen molar-refractivity contribution in [3.63, 3.8) is 0 Å². The van der Waals surface area contributed by atoms with Crippen LogP contribution in [0.2, 0.25) is 0 Å². The van der Waals surface area contributed by atoms with Crippen LogP contribution >= 0.6 is 17.0 Å². The third-order valence-corrected chi connectivity index (χ3v) is 8.45. The predicted molar refractivity (Wildman–Crippen MR) is 170 cm³/mol. The minimum Gasteiger partial charge on any atom is -0.184 e. The van der Waals surface area contributed by atoms with Crippen LogP contribution in [0.5, 0.6) is 0 Å². The summed E-state index contributed by atoms with van der Waals surface area (Å²) in [6.07, 6.45) is 0. The number of hydrogen-bond donors (Lipinski definition) is 0. The first-order chi connectivity index (χ1) is 18.7. The third kappa shape index (κ3) is 7.09. The van der Waals surface area contributed by atoms with Crippen molar-refractivity contribution in [3.8, 4) is 22.3 Å². The van der Waals surface area contributed by atoms with Crippen LogP contribution < -0.4 is 10.4 Å². The maximum Gasteiger partial charge on any atom is 0.0920 e. The molecule has 1 heterocycles. The molecule has 0 unspecified atom stereocenters. The molecule has 0 amide bonds. The zero-order valence-electron chi connectivity index (χ0n) is 23.5. The van der Waals surface area contributed by atoms with E-state index in [0.717, 1.165) is 9.52 Å². The fourth-order valence-electron chi connectivity index (χ4n) is 5.30. The van der Waals surface area contributed by atoms with Crippen molar-refractivity contribution in [3.05, 3.63) is 113 Å². The van der Waals surface area contributed by atoms with Gasteiger partial charge >= 0.3 is 37.9 Å². The first kappa shape index (κ1) is 30.1. The van der Waals surface area contributed by atoms with E-state index in [1.807, 2.05) is 6.07 Å². The van der Waals surface area contributed by atoms with E-state index in [4.69, 9.17) is 17.0 Å². The number of aryl methyl sites for hydroxylation is 2. The SMILES string of the molecule is Cc1cc(C)cc(-c2c(C(C)C)ccc3[cH-]c(C(C)C)cc23)c1.[Cl][Zr+2][Cl].[c-]1cccc2c1[Si]c1ccccc1-2. The maximum absolute atomic E-state index is 4.93. The van der Waals surface area contributed by atoms with Crippen LogP contribution in [-0.2, 0) is 20.8 Å². The molecule has 1 aliphatic heterocycles. The van der Waals surface area contributed by atoms with E-state index in [9.17, 15) is 0 Å². The third-order valence-electron chi connectivity index (χ3n) is 7.08. The maximum atomic E-state index is 4.93. The summed E-state index contributed by atoms with van der Waals surface area (Å²) in [5.74, 6) is 1.09. The van der Waals surface area contributed by atoms with Gasteiger partial charge in [-0.25, -0.2) is 0 Å². The number of benzene rings is 4. The van der Waals surface area contributed by atoms with Crippen LogP contribution in [0.3, 0.4) is 0 Å². The summed E-state index contributed by atoms with van der Waals surface area (Å²) in [5, 5.41) is 5.60. The van der Waals surface area contributed by atoms with Crippen molar-refractivity contribution < 1.29 is 20.8 Å². The average molecular weight is 645 g/mol. The van der Waals surface area contributed by atoms with Crippen molar-refractivity contribution >= 4 is 47.7 Å². The Labute approximate surface area is 255 Å². The Bertz CT molecular complexity index is 1500. The molecule has 0 aromatic heterocycles. The minimum absolute atomic E-state index is 0.521. The van der Waals surface area contributed by atoms with E-state index in [-0.39, 0.29) is 0 Å². The van der Waals surface area contributed by atoms with Gasteiger partial charge in [0.1, 0.15) is 0 Å². The quantitative estimate of drug-likeness (QED) is 0.133. The average Bonchev–Trinajstić information content (AvgIpc) is 3.50. The largest absolute Gasteiger partial charge is 0.184 e. The Kier molecular flexibility index (Phi) is 10.6. The van der Waals surface area contributed by atoms with Gasteiger partial charge in [-0.05, 0) is 31.2 Å². The van der Waals surface area contributed by atoms with Crippen molar-refractivity contribution in [1.82, 2.24) is 0 Å². The summed E-state index contributed by atoms with van der Waals surface area (Å²) in [5.41, 5.74) is 11.1. The van der Waals surface area contributed by atoms with Gasteiger partial charge in [-0.15, -0.1) is 40.1 Å². The van der Waals surface area contributed by atoms with Crippen LogP contribution in [0.4, 0.5) is 0 Å². The number of rotatable bonds is 3. The van der Waals surface area contributed by atoms with Crippen LogP contribution in [0.25, 0.3) is 33.0 Å². The van der Waals surface area contributed by atoms with E-state index < -0.39 is 20.8 Å². The normalized spacial score (nSPS) is 11.3. The van der Waals surface area contributed by atoms with E-state index >= 15 is 0 Å². The second-order valence-electron chi connectivity index (χ2n) is 10.7. The molecule has 0 atom stereocenters. The van der Waals surface area contributed by atoms with Gasteiger partial charge in [0.25, 0.3) is 0 Å². The van der Waals surface area contributed by atoms with Gasteiger partial charge in [-0.1, -0.05) is 103 Å². The molecule has 196 valence electrons. The summed E-state index contributed by atoms with van der Waals surface area (Å²) in [7, 11) is 10.7. The smallest absolute Gasteiger partial charge is 0.0920 e. The fraction of sp³-hybridized carbons (Fsp3) is 0.229. The molecule has 4 heteroatoms. The summed E-state index contributed by atoms with van der Waals surface area (Å²) >= 11 is -0.826. The molecule has 0 saturated carbocycles. The molecular formula is C35H34Cl2SiZr. The first-order valence-electron chi connectivity index (χ1n) is 13.4. The molecule has 6 rings (SSSR count). The van der Waals surface area contributed by atoms with Gasteiger partial charge in [-0.2, -0.15) is 35.5 Å². The molecule has 1 aliphatic rings. The van der Waals surface area contributed by atoms with Gasteiger partial charge in [0.2, 0.25) is 0 Å². The zero-order chi connectivity index (χ0) is 28.1. The molecule has 0 nitrogen and oxygen atoms in total. The molecule has 0 aliphatic carbocycles. The molecule has 5 aromatic carbocycles. The summed E-state index contributed by atoms with van der Waals surface area (Å²) < 4.78 is 0. The van der Waals surface area contributed by atoms with Gasteiger partial charge in [0, 0.05) is 0 Å². The molecule has 5 aromatic rings. The van der Waals surface area contributed by atoms with Gasteiger partial charge < -0.3 is 0 Å².